The van der Waals surface area contributed by atoms with Crippen LogP contribution < -0.4 is 0 Å². The summed E-state index contributed by atoms with van der Waals surface area (Å²) >= 11 is 1.65. The van der Waals surface area contributed by atoms with Gasteiger partial charge >= 0.3 is 0 Å². The first-order valence-electron chi connectivity index (χ1n) is 7.77. The molecule has 1 aromatic rings. The summed E-state index contributed by atoms with van der Waals surface area (Å²) in [6.45, 7) is 9.21. The first kappa shape index (κ1) is 17.7. The Labute approximate surface area is 137 Å². The van der Waals surface area contributed by atoms with Crippen LogP contribution in [0.5, 0.6) is 0 Å². The molecule has 0 aromatic carbocycles. The summed E-state index contributed by atoms with van der Waals surface area (Å²) < 4.78 is 5.22. The van der Waals surface area contributed by atoms with E-state index in [-0.39, 0.29) is 5.41 Å². The summed E-state index contributed by atoms with van der Waals surface area (Å²) in [5.74, 6) is 0.984. The molecule has 1 atom stereocenters. The van der Waals surface area contributed by atoms with Gasteiger partial charge in [0.1, 0.15) is 0 Å². The number of rotatable bonds is 6. The normalized spacial score (nSPS) is 25.3. The van der Waals surface area contributed by atoms with E-state index in [0.29, 0.717) is 6.61 Å². The van der Waals surface area contributed by atoms with Gasteiger partial charge in [-0.05, 0) is 12.2 Å². The number of hydrogen-bond donors (Lipinski definition) is 1. The molecule has 2 heterocycles. The van der Waals surface area contributed by atoms with Crippen molar-refractivity contribution in [2.45, 2.75) is 44.5 Å². The van der Waals surface area contributed by atoms with Crippen molar-refractivity contribution in [2.75, 3.05) is 32.6 Å². The highest BCUT2D eigenvalue weighted by Crippen LogP contribution is 2.39. The zero-order valence-electron chi connectivity index (χ0n) is 14.0. The molecule has 0 saturated carbocycles. The van der Waals surface area contributed by atoms with E-state index in [1.165, 1.54) is 0 Å². The molecule has 1 fully saturated rings. The van der Waals surface area contributed by atoms with Gasteiger partial charge in [0.05, 0.1) is 12.2 Å². The number of nitrogens with zero attached hydrogens (tertiary/aromatic N) is 3. The number of likely N-dealkylation sites (tertiary alicyclic amines) is 1. The van der Waals surface area contributed by atoms with E-state index in [1.807, 2.05) is 12.4 Å². The first-order valence-corrected chi connectivity index (χ1v) is 8.76. The molecular weight excluding hydrogens is 298 g/mol. The second kappa shape index (κ2) is 7.25. The number of aromatic nitrogens is 2. The van der Waals surface area contributed by atoms with E-state index in [0.717, 1.165) is 42.5 Å². The summed E-state index contributed by atoms with van der Waals surface area (Å²) in [7, 11) is 1.65. The van der Waals surface area contributed by atoms with Crippen LogP contribution in [-0.4, -0.2) is 58.1 Å². The lowest BCUT2D eigenvalue weighted by molar-refractivity contribution is -0.151. The van der Waals surface area contributed by atoms with E-state index in [1.54, 1.807) is 18.9 Å². The molecule has 1 N–H and O–H groups in total. The molecule has 0 spiro atoms. The van der Waals surface area contributed by atoms with Gasteiger partial charge in [-0.3, -0.25) is 4.90 Å². The van der Waals surface area contributed by atoms with Crippen LogP contribution in [0.25, 0.3) is 0 Å². The van der Waals surface area contributed by atoms with Gasteiger partial charge in [-0.25, -0.2) is 9.97 Å². The Morgan fingerprint density at radius 2 is 2.05 bits per heavy atom. The average Bonchev–Trinajstić information content (AvgIpc) is 2.46. The van der Waals surface area contributed by atoms with E-state index in [4.69, 9.17) is 4.74 Å². The van der Waals surface area contributed by atoms with Crippen molar-refractivity contribution in [3.05, 3.63) is 18.0 Å². The lowest BCUT2D eigenvalue weighted by Crippen LogP contribution is -2.59. The number of ether oxygens (including phenoxy) is 1. The topological polar surface area (TPSA) is 58.5 Å². The highest BCUT2D eigenvalue weighted by atomic mass is 32.2. The third-order valence-electron chi connectivity index (χ3n) is 4.46. The minimum atomic E-state index is -0.754. The summed E-state index contributed by atoms with van der Waals surface area (Å²) in [4.78, 5) is 11.1. The van der Waals surface area contributed by atoms with Crippen LogP contribution >= 0.6 is 11.8 Å². The Kier molecular flexibility index (Phi) is 5.82. The van der Waals surface area contributed by atoms with Crippen molar-refractivity contribution in [1.29, 1.82) is 0 Å². The fourth-order valence-corrected chi connectivity index (χ4v) is 3.51. The van der Waals surface area contributed by atoms with E-state index >= 15 is 0 Å². The summed E-state index contributed by atoms with van der Waals surface area (Å²) in [5.41, 5.74) is 0.157. The predicted octanol–water partition coefficient (Wildman–Crippen LogP) is 2.20. The Morgan fingerprint density at radius 1 is 1.36 bits per heavy atom. The standard InChI is InChI=1S/C16H27N3O2S/c1-5-22-14-17-8-13(9-18-14)10-19-7-6-16(20,12-21-4)15(2,3)11-19/h8-9,20H,5-7,10-12H2,1-4H3/t16-/m1/s1. The Hall–Kier alpha value is -0.690. The highest BCUT2D eigenvalue weighted by Gasteiger charge is 2.47. The molecule has 0 radical (unpaired) electrons. The Balaban J connectivity index is 1.98. The zero-order valence-corrected chi connectivity index (χ0v) is 14.8. The molecule has 0 bridgehead atoms. The van der Waals surface area contributed by atoms with Crippen LogP contribution in [0, 0.1) is 5.41 Å². The predicted molar refractivity (Wildman–Crippen MR) is 88.9 cm³/mol. The average molecular weight is 325 g/mol. The lowest BCUT2D eigenvalue weighted by atomic mass is 9.70. The Morgan fingerprint density at radius 3 is 2.59 bits per heavy atom. The molecule has 1 saturated heterocycles. The van der Waals surface area contributed by atoms with Crippen LogP contribution in [0.3, 0.4) is 0 Å². The molecule has 22 heavy (non-hydrogen) atoms. The van der Waals surface area contributed by atoms with Gasteiger partial charge < -0.3 is 9.84 Å². The largest absolute Gasteiger partial charge is 0.387 e. The second-order valence-electron chi connectivity index (χ2n) is 6.62. The molecule has 5 nitrogen and oxygen atoms in total. The summed E-state index contributed by atoms with van der Waals surface area (Å²) in [5, 5.41) is 11.6. The van der Waals surface area contributed by atoms with E-state index in [9.17, 15) is 5.11 Å². The quantitative estimate of drug-likeness (QED) is 0.639. The first-order chi connectivity index (χ1) is 10.4. The van der Waals surface area contributed by atoms with Gasteiger partial charge in [0.2, 0.25) is 0 Å². The number of piperidine rings is 1. The molecule has 0 unspecified atom stereocenters. The van der Waals surface area contributed by atoms with Crippen LogP contribution in [0.4, 0.5) is 0 Å². The third-order valence-corrected chi connectivity index (χ3v) is 5.22. The molecular formula is C16H27N3O2S. The SMILES string of the molecule is CCSc1ncc(CN2CC[C@@](O)(COC)C(C)(C)C2)cn1. The third kappa shape index (κ3) is 3.98. The van der Waals surface area contributed by atoms with Gasteiger partial charge in [-0.15, -0.1) is 0 Å². The summed E-state index contributed by atoms with van der Waals surface area (Å²) in [6.07, 6.45) is 4.54. The van der Waals surface area contributed by atoms with E-state index in [2.05, 4.69) is 35.6 Å². The minimum Gasteiger partial charge on any atom is -0.387 e. The molecule has 6 heteroatoms. The molecule has 124 valence electrons. The highest BCUT2D eigenvalue weighted by molar-refractivity contribution is 7.99. The van der Waals surface area contributed by atoms with Gasteiger partial charge in [0.25, 0.3) is 0 Å². The van der Waals surface area contributed by atoms with Crippen molar-refractivity contribution < 1.29 is 9.84 Å². The molecule has 1 aliphatic rings. The maximum Gasteiger partial charge on any atom is 0.187 e. The summed E-state index contributed by atoms with van der Waals surface area (Å²) in [6, 6.07) is 0. The van der Waals surface area contributed by atoms with E-state index < -0.39 is 5.60 Å². The smallest absolute Gasteiger partial charge is 0.187 e. The Bertz CT molecular complexity index is 481. The van der Waals surface area contributed by atoms with Crippen LogP contribution in [0.15, 0.2) is 17.6 Å². The molecule has 0 amide bonds. The number of aliphatic hydroxyl groups is 1. The zero-order chi connectivity index (χ0) is 16.2. The number of methoxy groups -OCH3 is 1. The van der Waals surface area contributed by atoms with Gasteiger partial charge in [-0.1, -0.05) is 32.5 Å². The van der Waals surface area contributed by atoms with Crippen molar-refractivity contribution in [3.8, 4) is 0 Å². The number of thioether (sulfide) groups is 1. The lowest BCUT2D eigenvalue weighted by Gasteiger charge is -2.50. The van der Waals surface area contributed by atoms with Crippen molar-refractivity contribution in [1.82, 2.24) is 14.9 Å². The second-order valence-corrected chi connectivity index (χ2v) is 7.85. The van der Waals surface area contributed by atoms with Crippen LogP contribution in [-0.2, 0) is 11.3 Å². The molecule has 1 aromatic heterocycles. The van der Waals surface area contributed by atoms with Gasteiger partial charge in [-0.2, -0.15) is 0 Å². The maximum atomic E-state index is 10.8. The van der Waals surface area contributed by atoms with Crippen molar-refractivity contribution >= 4 is 11.8 Å². The minimum absolute atomic E-state index is 0.208. The fourth-order valence-electron chi connectivity index (χ4n) is 2.99. The van der Waals surface area contributed by atoms with Crippen molar-refractivity contribution in [2.24, 2.45) is 5.41 Å². The monoisotopic (exact) mass is 325 g/mol. The van der Waals surface area contributed by atoms with Crippen LogP contribution in [0.1, 0.15) is 32.8 Å². The fraction of sp³-hybridized carbons (Fsp3) is 0.750. The molecule has 2 rings (SSSR count). The molecule has 0 aliphatic carbocycles. The van der Waals surface area contributed by atoms with Crippen molar-refractivity contribution in [3.63, 3.8) is 0 Å². The maximum absolute atomic E-state index is 10.8. The van der Waals surface area contributed by atoms with Crippen LogP contribution in [0.2, 0.25) is 0 Å². The number of hydrogen-bond acceptors (Lipinski definition) is 6. The van der Waals surface area contributed by atoms with Gasteiger partial charge in [0, 0.05) is 50.1 Å². The van der Waals surface area contributed by atoms with Gasteiger partial charge in [0.15, 0.2) is 5.16 Å². The molecule has 1 aliphatic heterocycles.